The summed E-state index contributed by atoms with van der Waals surface area (Å²) < 4.78 is 31.6. The molecule has 2 saturated heterocycles. The fraction of sp³-hybridized carbons (Fsp3) is 0.558. The predicted octanol–water partition coefficient (Wildman–Crippen LogP) is 4.63. The Kier molecular flexibility index (Phi) is 13.5. The standard InChI is InChI=1S/C43H59F2N9O4/c1-8-11-33(50-40(55)25(4)46-6)42(57)53-19-10-13-30(53)23-54-36-17-15-28(45)21-35(36)49-39(54)38-32(31-16-14-27(44)20-34(31)48-38)22-29-12-9-18-52(29)43(58)37(24(2)3)51-41(56)26(5)47-7/h14-17,20-21,24-26,29-30,33,37,46-48H,8-13,18-19,22-23H2,1-7H3,(H,50,55)(H,51,56). The van der Waals surface area contributed by atoms with Gasteiger partial charge in [0, 0.05) is 48.7 Å². The van der Waals surface area contributed by atoms with Gasteiger partial charge < -0.3 is 40.6 Å². The predicted molar refractivity (Wildman–Crippen MR) is 221 cm³/mol. The summed E-state index contributed by atoms with van der Waals surface area (Å²) in [6.45, 7) is 10.7. The third-order valence-corrected chi connectivity index (χ3v) is 12.0. The molecule has 4 aromatic rings. The summed E-state index contributed by atoms with van der Waals surface area (Å²) in [4.78, 5) is 66.4. The van der Waals surface area contributed by atoms with Crippen LogP contribution in [0.15, 0.2) is 36.4 Å². The Labute approximate surface area is 339 Å². The van der Waals surface area contributed by atoms with E-state index in [9.17, 15) is 28.0 Å². The lowest BCUT2D eigenvalue weighted by atomic mass is 9.98. The zero-order valence-electron chi connectivity index (χ0n) is 34.8. The number of likely N-dealkylation sites (tertiary alicyclic amines) is 2. The SMILES string of the molecule is CCCC(NC(=O)C(C)NC)C(=O)N1CCCC1Cn1c(-c2[nH]c3cc(F)ccc3c2CC2CCCN2C(=O)C(NC(=O)C(C)NC)C(C)C)nc2cc(F)ccc21. The Bertz CT molecular complexity index is 2130. The van der Waals surface area contributed by atoms with E-state index >= 15 is 0 Å². The van der Waals surface area contributed by atoms with E-state index in [1.54, 1.807) is 40.1 Å². The second-order valence-electron chi connectivity index (χ2n) is 16.3. The van der Waals surface area contributed by atoms with E-state index in [1.165, 1.54) is 24.3 Å². The molecule has 0 spiro atoms. The summed E-state index contributed by atoms with van der Waals surface area (Å²) in [6, 6.07) is 6.28. The van der Waals surface area contributed by atoms with Gasteiger partial charge in [0.2, 0.25) is 23.6 Å². The van der Waals surface area contributed by atoms with E-state index in [0.717, 1.165) is 36.6 Å². The fourth-order valence-corrected chi connectivity index (χ4v) is 8.48. The van der Waals surface area contributed by atoms with Crippen LogP contribution >= 0.6 is 0 Å². The number of carbonyl (C=O) groups is 4. The van der Waals surface area contributed by atoms with Gasteiger partial charge in [0.15, 0.2) is 5.82 Å². The van der Waals surface area contributed by atoms with Gasteiger partial charge >= 0.3 is 0 Å². The van der Waals surface area contributed by atoms with Gasteiger partial charge in [-0.3, -0.25) is 19.2 Å². The number of imidazole rings is 1. The van der Waals surface area contributed by atoms with Gasteiger partial charge in [0.1, 0.15) is 23.7 Å². The molecule has 15 heteroatoms. The number of carbonyl (C=O) groups excluding carboxylic acids is 4. The minimum absolute atomic E-state index is 0.137. The van der Waals surface area contributed by atoms with Gasteiger partial charge in [-0.15, -0.1) is 0 Å². The molecule has 6 unspecified atom stereocenters. The van der Waals surface area contributed by atoms with Crippen molar-refractivity contribution in [3.05, 3.63) is 53.6 Å². The lowest BCUT2D eigenvalue weighted by Gasteiger charge is -2.32. The molecule has 13 nitrogen and oxygen atoms in total. The molecule has 0 aliphatic carbocycles. The van der Waals surface area contributed by atoms with Crippen LogP contribution in [0.3, 0.4) is 0 Å². The molecule has 6 atom stereocenters. The number of halogens is 2. The Balaban J connectivity index is 1.38. The molecule has 2 aliphatic heterocycles. The van der Waals surface area contributed by atoms with Gasteiger partial charge in [0.25, 0.3) is 0 Å². The highest BCUT2D eigenvalue weighted by atomic mass is 19.1. The van der Waals surface area contributed by atoms with Crippen molar-refractivity contribution in [2.24, 2.45) is 5.92 Å². The molecule has 5 N–H and O–H groups in total. The molecular formula is C43H59F2N9O4. The summed E-state index contributed by atoms with van der Waals surface area (Å²) in [5.74, 6) is -1.27. The minimum Gasteiger partial charge on any atom is -0.352 e. The summed E-state index contributed by atoms with van der Waals surface area (Å²) in [6.07, 6.45) is 4.64. The first kappa shape index (κ1) is 42.7. The number of amides is 4. The monoisotopic (exact) mass is 803 g/mol. The summed E-state index contributed by atoms with van der Waals surface area (Å²) >= 11 is 0. The van der Waals surface area contributed by atoms with Gasteiger partial charge in [-0.25, -0.2) is 13.8 Å². The topological polar surface area (TPSA) is 156 Å². The molecule has 2 aromatic carbocycles. The number of benzene rings is 2. The normalized spacial score (nSPS) is 19.2. The van der Waals surface area contributed by atoms with Crippen molar-refractivity contribution in [3.63, 3.8) is 0 Å². The van der Waals surface area contributed by atoms with Gasteiger partial charge in [-0.1, -0.05) is 27.2 Å². The Morgan fingerprint density at radius 3 is 2.12 bits per heavy atom. The maximum atomic E-state index is 14.8. The van der Waals surface area contributed by atoms with Crippen LogP contribution < -0.4 is 21.3 Å². The van der Waals surface area contributed by atoms with Crippen molar-refractivity contribution < 1.29 is 28.0 Å². The number of hydrogen-bond donors (Lipinski definition) is 5. The van der Waals surface area contributed by atoms with Crippen LogP contribution in [-0.2, 0) is 32.1 Å². The fourth-order valence-electron chi connectivity index (χ4n) is 8.48. The smallest absolute Gasteiger partial charge is 0.245 e. The highest BCUT2D eigenvalue weighted by Gasteiger charge is 2.38. The van der Waals surface area contributed by atoms with E-state index < -0.39 is 35.8 Å². The van der Waals surface area contributed by atoms with Crippen molar-refractivity contribution in [1.82, 2.24) is 45.6 Å². The largest absolute Gasteiger partial charge is 0.352 e. The highest BCUT2D eigenvalue weighted by molar-refractivity contribution is 5.93. The lowest BCUT2D eigenvalue weighted by Crippen LogP contribution is -2.55. The molecule has 0 radical (unpaired) electrons. The van der Waals surface area contributed by atoms with Crippen LogP contribution in [0.2, 0.25) is 0 Å². The number of fused-ring (bicyclic) bond motifs is 2. The number of aromatic amines is 1. The quantitative estimate of drug-likeness (QED) is 0.111. The molecule has 6 rings (SSSR count). The number of hydrogen-bond acceptors (Lipinski definition) is 7. The molecule has 2 aliphatic rings. The Hall–Kier alpha value is -4.89. The van der Waals surface area contributed by atoms with Crippen molar-refractivity contribution in [1.29, 1.82) is 0 Å². The lowest BCUT2D eigenvalue weighted by molar-refractivity contribution is -0.138. The second kappa shape index (κ2) is 18.4. The van der Waals surface area contributed by atoms with E-state index in [2.05, 4.69) is 26.3 Å². The zero-order valence-corrected chi connectivity index (χ0v) is 34.8. The first-order chi connectivity index (χ1) is 27.8. The van der Waals surface area contributed by atoms with Crippen molar-refractivity contribution in [2.45, 2.75) is 122 Å². The number of likely N-dealkylation sites (N-methyl/N-ethyl adjacent to an activating group) is 2. The molecule has 2 aromatic heterocycles. The van der Waals surface area contributed by atoms with Crippen molar-refractivity contribution in [3.8, 4) is 11.5 Å². The van der Waals surface area contributed by atoms with Crippen LogP contribution in [-0.4, -0.2) is 111 Å². The van der Waals surface area contributed by atoms with E-state index in [4.69, 9.17) is 4.98 Å². The summed E-state index contributed by atoms with van der Waals surface area (Å²) in [5, 5.41) is 12.6. The molecule has 0 saturated carbocycles. The maximum absolute atomic E-state index is 14.8. The van der Waals surface area contributed by atoms with Crippen LogP contribution in [0.25, 0.3) is 33.5 Å². The van der Waals surface area contributed by atoms with Crippen LogP contribution in [0.1, 0.15) is 78.7 Å². The van der Waals surface area contributed by atoms with Crippen LogP contribution in [0, 0.1) is 17.6 Å². The van der Waals surface area contributed by atoms with E-state index in [0.29, 0.717) is 67.0 Å². The minimum atomic E-state index is -0.714. The van der Waals surface area contributed by atoms with Gasteiger partial charge in [-0.2, -0.15) is 0 Å². The average molecular weight is 804 g/mol. The van der Waals surface area contributed by atoms with Crippen molar-refractivity contribution >= 4 is 45.6 Å². The first-order valence-electron chi connectivity index (χ1n) is 20.8. The number of H-pyrrole nitrogens is 1. The van der Waals surface area contributed by atoms with Gasteiger partial charge in [0.05, 0.1) is 28.8 Å². The zero-order chi connectivity index (χ0) is 41.8. The number of nitrogens with one attached hydrogen (secondary N) is 5. The highest BCUT2D eigenvalue weighted by Crippen LogP contribution is 2.37. The number of aromatic nitrogens is 3. The molecule has 58 heavy (non-hydrogen) atoms. The maximum Gasteiger partial charge on any atom is 0.245 e. The average Bonchev–Trinajstić information content (AvgIpc) is 4.01. The molecule has 4 amide bonds. The third-order valence-electron chi connectivity index (χ3n) is 12.0. The summed E-state index contributed by atoms with van der Waals surface area (Å²) in [7, 11) is 3.40. The number of rotatable bonds is 16. The second-order valence-corrected chi connectivity index (χ2v) is 16.3. The molecule has 314 valence electrons. The Morgan fingerprint density at radius 2 is 1.47 bits per heavy atom. The third kappa shape index (κ3) is 8.90. The molecular weight excluding hydrogens is 745 g/mol. The molecule has 4 heterocycles. The Morgan fingerprint density at radius 1 is 0.845 bits per heavy atom. The number of nitrogens with zero attached hydrogens (tertiary/aromatic N) is 4. The first-order valence-corrected chi connectivity index (χ1v) is 20.8. The van der Waals surface area contributed by atoms with E-state index in [1.807, 2.05) is 35.1 Å². The van der Waals surface area contributed by atoms with Crippen molar-refractivity contribution in [2.75, 3.05) is 27.2 Å². The van der Waals surface area contributed by atoms with E-state index in [-0.39, 0.29) is 41.6 Å². The molecule has 2 fully saturated rings. The van der Waals surface area contributed by atoms with Gasteiger partial charge in [-0.05, 0) is 108 Å². The molecule has 0 bridgehead atoms. The van der Waals surface area contributed by atoms with Crippen LogP contribution in [0.5, 0.6) is 0 Å². The van der Waals surface area contributed by atoms with Crippen LogP contribution in [0.4, 0.5) is 8.78 Å². The summed E-state index contributed by atoms with van der Waals surface area (Å²) in [5.41, 5.74) is 3.14.